The van der Waals surface area contributed by atoms with Gasteiger partial charge in [-0.25, -0.2) is 0 Å². The quantitative estimate of drug-likeness (QED) is 0.833. The highest BCUT2D eigenvalue weighted by Crippen LogP contribution is 2.24. The van der Waals surface area contributed by atoms with Crippen LogP contribution in [0.25, 0.3) is 0 Å². The van der Waals surface area contributed by atoms with Crippen LogP contribution in [0.5, 0.6) is 5.75 Å². The zero-order chi connectivity index (χ0) is 17.5. The van der Waals surface area contributed by atoms with E-state index in [0.29, 0.717) is 23.9 Å². The number of nitrogens with zero attached hydrogens (tertiary/aromatic N) is 1. The Morgan fingerprint density at radius 3 is 2.83 bits per heavy atom. The van der Waals surface area contributed by atoms with E-state index < -0.39 is 0 Å². The molecule has 1 aliphatic rings. The van der Waals surface area contributed by atoms with Gasteiger partial charge < -0.3 is 15.4 Å². The third kappa shape index (κ3) is 5.53. The maximum absolute atomic E-state index is 12.0. The van der Waals surface area contributed by atoms with Crippen molar-refractivity contribution in [1.29, 1.82) is 0 Å². The average Bonchev–Trinajstić information content (AvgIpc) is 2.53. The molecule has 0 radical (unpaired) electrons. The van der Waals surface area contributed by atoms with Gasteiger partial charge in [0.05, 0.1) is 25.9 Å². The Morgan fingerprint density at radius 1 is 1.33 bits per heavy atom. The van der Waals surface area contributed by atoms with E-state index in [2.05, 4.69) is 22.5 Å². The number of hydrogen-bond donors (Lipinski definition) is 2. The van der Waals surface area contributed by atoms with E-state index in [1.165, 1.54) is 6.42 Å². The van der Waals surface area contributed by atoms with Crippen molar-refractivity contribution >= 4 is 17.5 Å². The lowest BCUT2D eigenvalue weighted by Gasteiger charge is -2.30. The number of carbonyl (C=O) groups is 2. The SMILES string of the molecule is COc1ccc(C)cc1NC(=O)CNC(=O)CN1CCCC(C)C1. The molecule has 0 aromatic heterocycles. The van der Waals surface area contributed by atoms with Gasteiger partial charge in [0.2, 0.25) is 11.8 Å². The summed E-state index contributed by atoms with van der Waals surface area (Å²) in [6, 6.07) is 5.56. The Bertz CT molecular complexity index is 589. The van der Waals surface area contributed by atoms with Gasteiger partial charge in [-0.05, 0) is 49.9 Å². The summed E-state index contributed by atoms with van der Waals surface area (Å²) in [4.78, 5) is 26.2. The molecule has 1 fully saturated rings. The molecule has 132 valence electrons. The van der Waals surface area contributed by atoms with Crippen molar-refractivity contribution in [1.82, 2.24) is 10.2 Å². The number of piperidine rings is 1. The fourth-order valence-electron chi connectivity index (χ4n) is 2.98. The van der Waals surface area contributed by atoms with Crippen molar-refractivity contribution in [2.45, 2.75) is 26.7 Å². The number of rotatable bonds is 6. The third-order valence-corrected chi connectivity index (χ3v) is 4.18. The van der Waals surface area contributed by atoms with Crippen LogP contribution in [0.1, 0.15) is 25.3 Å². The van der Waals surface area contributed by atoms with Gasteiger partial charge in [0.1, 0.15) is 5.75 Å². The monoisotopic (exact) mass is 333 g/mol. The van der Waals surface area contributed by atoms with Crippen molar-refractivity contribution in [2.24, 2.45) is 5.92 Å². The summed E-state index contributed by atoms with van der Waals surface area (Å²) < 4.78 is 5.23. The Morgan fingerprint density at radius 2 is 2.12 bits per heavy atom. The summed E-state index contributed by atoms with van der Waals surface area (Å²) in [5.41, 5.74) is 1.64. The van der Waals surface area contributed by atoms with Crippen molar-refractivity contribution in [3.05, 3.63) is 23.8 Å². The fraction of sp³-hybridized carbons (Fsp3) is 0.556. The molecule has 24 heavy (non-hydrogen) atoms. The number of anilines is 1. The molecule has 1 aromatic carbocycles. The molecule has 6 nitrogen and oxygen atoms in total. The maximum atomic E-state index is 12.0. The molecule has 0 bridgehead atoms. The first-order chi connectivity index (χ1) is 11.5. The summed E-state index contributed by atoms with van der Waals surface area (Å²) >= 11 is 0. The number of methoxy groups -OCH3 is 1. The van der Waals surface area contributed by atoms with Crippen molar-refractivity contribution in [2.75, 3.05) is 38.6 Å². The van der Waals surface area contributed by atoms with Gasteiger partial charge in [0.15, 0.2) is 0 Å². The van der Waals surface area contributed by atoms with E-state index in [1.807, 2.05) is 19.1 Å². The second kappa shape index (κ2) is 8.68. The van der Waals surface area contributed by atoms with Gasteiger partial charge in [-0.3, -0.25) is 14.5 Å². The molecule has 1 atom stereocenters. The standard InChI is InChI=1S/C18H27N3O3/c1-13-6-7-16(24-3)15(9-13)20-17(22)10-19-18(23)12-21-8-4-5-14(2)11-21/h6-7,9,14H,4-5,8,10-12H2,1-3H3,(H,19,23)(H,20,22). The molecule has 2 amide bonds. The minimum absolute atomic E-state index is 0.0423. The van der Waals surface area contributed by atoms with Gasteiger partial charge >= 0.3 is 0 Å². The van der Waals surface area contributed by atoms with Gasteiger partial charge in [-0.1, -0.05) is 13.0 Å². The molecule has 0 saturated carbocycles. The molecule has 1 aromatic rings. The van der Waals surface area contributed by atoms with Crippen LogP contribution in [-0.4, -0.2) is 50.0 Å². The number of likely N-dealkylation sites (tertiary alicyclic amines) is 1. The van der Waals surface area contributed by atoms with Crippen molar-refractivity contribution in [3.8, 4) is 5.75 Å². The van der Waals surface area contributed by atoms with Gasteiger partial charge in [0.25, 0.3) is 0 Å². The van der Waals surface area contributed by atoms with E-state index in [1.54, 1.807) is 13.2 Å². The number of amides is 2. The van der Waals surface area contributed by atoms with E-state index in [0.717, 1.165) is 25.1 Å². The zero-order valence-electron chi connectivity index (χ0n) is 14.7. The van der Waals surface area contributed by atoms with Crippen LogP contribution in [0.3, 0.4) is 0 Å². The van der Waals surface area contributed by atoms with Crippen LogP contribution in [0.4, 0.5) is 5.69 Å². The highest BCUT2D eigenvalue weighted by atomic mass is 16.5. The van der Waals surface area contributed by atoms with Crippen molar-refractivity contribution < 1.29 is 14.3 Å². The molecule has 6 heteroatoms. The number of aryl methyl sites for hydroxylation is 1. The fourth-order valence-corrected chi connectivity index (χ4v) is 2.98. The smallest absolute Gasteiger partial charge is 0.243 e. The highest BCUT2D eigenvalue weighted by Gasteiger charge is 2.18. The summed E-state index contributed by atoms with van der Waals surface area (Å²) in [7, 11) is 1.56. The number of ether oxygens (including phenoxy) is 1. The molecule has 2 rings (SSSR count). The van der Waals surface area contributed by atoms with Crippen molar-refractivity contribution in [3.63, 3.8) is 0 Å². The maximum Gasteiger partial charge on any atom is 0.243 e. The number of carbonyl (C=O) groups excluding carboxylic acids is 2. The second-order valence-corrected chi connectivity index (χ2v) is 6.51. The number of benzene rings is 1. The first-order valence-electron chi connectivity index (χ1n) is 8.41. The molecule has 2 N–H and O–H groups in total. The van der Waals surface area contributed by atoms with Gasteiger partial charge in [0, 0.05) is 6.54 Å². The normalized spacial score (nSPS) is 18.0. The summed E-state index contributed by atoms with van der Waals surface area (Å²) in [6.07, 6.45) is 2.35. The summed E-state index contributed by atoms with van der Waals surface area (Å²) in [5.74, 6) is 0.848. The summed E-state index contributed by atoms with van der Waals surface area (Å²) in [6.45, 7) is 6.35. The molecular formula is C18H27N3O3. The Labute approximate surface area is 143 Å². The Balaban J connectivity index is 1.78. The van der Waals surface area contributed by atoms with Crippen LogP contribution in [0, 0.1) is 12.8 Å². The lowest BCUT2D eigenvalue weighted by molar-refractivity contribution is -0.125. The molecular weight excluding hydrogens is 306 g/mol. The van der Waals surface area contributed by atoms with Crippen LogP contribution in [0.15, 0.2) is 18.2 Å². The number of hydrogen-bond acceptors (Lipinski definition) is 4. The molecule has 1 unspecified atom stereocenters. The lowest BCUT2D eigenvalue weighted by atomic mass is 10.0. The van der Waals surface area contributed by atoms with E-state index in [4.69, 9.17) is 4.74 Å². The Hall–Kier alpha value is -2.08. The van der Waals surface area contributed by atoms with Gasteiger partial charge in [-0.2, -0.15) is 0 Å². The van der Waals surface area contributed by atoms with Crippen LogP contribution in [0.2, 0.25) is 0 Å². The largest absolute Gasteiger partial charge is 0.495 e. The topological polar surface area (TPSA) is 70.7 Å². The minimum atomic E-state index is -0.265. The minimum Gasteiger partial charge on any atom is -0.495 e. The van der Waals surface area contributed by atoms with Crippen LogP contribution < -0.4 is 15.4 Å². The molecule has 0 aliphatic carbocycles. The number of nitrogens with one attached hydrogen (secondary N) is 2. The molecule has 1 saturated heterocycles. The van der Waals surface area contributed by atoms with Crippen LogP contribution in [-0.2, 0) is 9.59 Å². The van der Waals surface area contributed by atoms with E-state index >= 15 is 0 Å². The van der Waals surface area contributed by atoms with Crippen LogP contribution >= 0.6 is 0 Å². The zero-order valence-corrected chi connectivity index (χ0v) is 14.7. The van der Waals surface area contributed by atoms with Gasteiger partial charge in [-0.15, -0.1) is 0 Å². The third-order valence-electron chi connectivity index (χ3n) is 4.18. The average molecular weight is 333 g/mol. The van der Waals surface area contributed by atoms with E-state index in [9.17, 15) is 9.59 Å². The molecule has 1 heterocycles. The summed E-state index contributed by atoms with van der Waals surface area (Å²) in [5, 5.41) is 5.46. The first kappa shape index (κ1) is 18.3. The Kier molecular flexibility index (Phi) is 6.61. The predicted octanol–water partition coefficient (Wildman–Crippen LogP) is 1.79. The van der Waals surface area contributed by atoms with E-state index in [-0.39, 0.29) is 18.4 Å². The lowest BCUT2D eigenvalue weighted by Crippen LogP contribution is -2.43. The highest BCUT2D eigenvalue weighted by molar-refractivity contribution is 5.96. The predicted molar refractivity (Wildman–Crippen MR) is 94.2 cm³/mol. The molecule has 0 spiro atoms. The second-order valence-electron chi connectivity index (χ2n) is 6.51. The molecule has 1 aliphatic heterocycles. The first-order valence-corrected chi connectivity index (χ1v) is 8.41.